The van der Waals surface area contributed by atoms with Gasteiger partial charge in [-0.2, -0.15) is 0 Å². The van der Waals surface area contributed by atoms with Gasteiger partial charge in [0.2, 0.25) is 5.88 Å². The molecule has 0 bridgehead atoms. The molecule has 0 fully saturated rings. The lowest BCUT2D eigenvalue weighted by atomic mass is 9.92. The molecule has 0 spiro atoms. The van der Waals surface area contributed by atoms with Crippen molar-refractivity contribution in [2.45, 2.75) is 36.0 Å². The van der Waals surface area contributed by atoms with Gasteiger partial charge in [0.1, 0.15) is 0 Å². The van der Waals surface area contributed by atoms with Gasteiger partial charge in [-0.05, 0) is 47.7 Å². The zero-order valence-corrected chi connectivity index (χ0v) is 15.3. The minimum Gasteiger partial charge on any atom is -0.478 e. The number of ether oxygens (including phenoxy) is 1. The normalized spacial score (nSPS) is 13.7. The first-order chi connectivity index (χ1) is 12.2. The fraction of sp³-hybridized carbons (Fsp3) is 0.227. The first-order valence-corrected chi connectivity index (χ1v) is 9.53. The van der Waals surface area contributed by atoms with Crippen LogP contribution in [0.5, 0.6) is 5.88 Å². The van der Waals surface area contributed by atoms with E-state index in [4.69, 9.17) is 4.74 Å². The van der Waals surface area contributed by atoms with Crippen molar-refractivity contribution in [1.29, 1.82) is 0 Å². The van der Waals surface area contributed by atoms with Gasteiger partial charge in [0.05, 0.1) is 6.61 Å². The molecule has 1 aliphatic rings. The Morgan fingerprint density at radius 2 is 1.80 bits per heavy atom. The molecule has 4 rings (SSSR count). The van der Waals surface area contributed by atoms with E-state index in [0.717, 1.165) is 6.42 Å². The summed E-state index contributed by atoms with van der Waals surface area (Å²) in [5, 5.41) is 0. The number of hydrogen-bond acceptors (Lipinski definition) is 3. The Labute approximate surface area is 153 Å². The maximum Gasteiger partial charge on any atom is 0.213 e. The number of aromatic nitrogens is 1. The van der Waals surface area contributed by atoms with E-state index < -0.39 is 0 Å². The molecule has 2 aromatic carbocycles. The molecule has 1 aliphatic heterocycles. The highest BCUT2D eigenvalue weighted by atomic mass is 32.2. The lowest BCUT2D eigenvalue weighted by Gasteiger charge is -2.21. The molecule has 3 aromatic rings. The third-order valence-electron chi connectivity index (χ3n) is 4.71. The Hall–Kier alpha value is -2.26. The number of fused-ring (bicyclic) bond motifs is 2. The monoisotopic (exact) mass is 347 g/mol. The second-order valence-electron chi connectivity index (χ2n) is 6.34. The second-order valence-corrected chi connectivity index (χ2v) is 7.42. The number of pyridine rings is 1. The van der Waals surface area contributed by atoms with E-state index >= 15 is 0 Å². The average molecular weight is 347 g/mol. The lowest BCUT2D eigenvalue weighted by molar-refractivity contribution is 0.326. The van der Waals surface area contributed by atoms with E-state index in [1.807, 2.05) is 30.9 Å². The van der Waals surface area contributed by atoms with Gasteiger partial charge in [0.25, 0.3) is 0 Å². The summed E-state index contributed by atoms with van der Waals surface area (Å²) in [6.07, 6.45) is 2.94. The highest BCUT2D eigenvalue weighted by molar-refractivity contribution is 7.99. The Balaban J connectivity index is 1.60. The van der Waals surface area contributed by atoms with Crippen LogP contribution < -0.4 is 4.74 Å². The van der Waals surface area contributed by atoms with Gasteiger partial charge < -0.3 is 4.74 Å². The molecule has 25 heavy (non-hydrogen) atoms. The fourth-order valence-corrected chi connectivity index (χ4v) is 4.31. The molecule has 0 saturated carbocycles. The molecule has 0 amide bonds. The van der Waals surface area contributed by atoms with Crippen LogP contribution in [0.4, 0.5) is 0 Å². The van der Waals surface area contributed by atoms with Crippen molar-refractivity contribution in [1.82, 2.24) is 4.98 Å². The third-order valence-corrected chi connectivity index (χ3v) is 5.95. The molecule has 1 aromatic heterocycles. The Morgan fingerprint density at radius 3 is 2.60 bits per heavy atom. The lowest BCUT2D eigenvalue weighted by Crippen LogP contribution is -2.03. The summed E-state index contributed by atoms with van der Waals surface area (Å²) in [4.78, 5) is 7.16. The van der Waals surface area contributed by atoms with E-state index in [2.05, 4.69) is 60.4 Å². The van der Waals surface area contributed by atoms with Crippen molar-refractivity contribution in [3.8, 4) is 5.88 Å². The maximum absolute atomic E-state index is 5.44. The SMILES string of the molecule is CCOc1ccc(C(C)c2ccc3c(c2)Cc2ccccc2S3)cn1. The summed E-state index contributed by atoms with van der Waals surface area (Å²) in [5.41, 5.74) is 5.40. The highest BCUT2D eigenvalue weighted by Crippen LogP contribution is 2.40. The van der Waals surface area contributed by atoms with Crippen LogP contribution in [0.3, 0.4) is 0 Å². The Kier molecular flexibility index (Phi) is 4.50. The molecular weight excluding hydrogens is 326 g/mol. The van der Waals surface area contributed by atoms with Crippen LogP contribution in [-0.2, 0) is 6.42 Å². The summed E-state index contributed by atoms with van der Waals surface area (Å²) in [7, 11) is 0. The van der Waals surface area contributed by atoms with Crippen LogP contribution in [0, 0.1) is 0 Å². The second kappa shape index (κ2) is 6.93. The predicted octanol–water partition coefficient (Wildman–Crippen LogP) is 5.69. The summed E-state index contributed by atoms with van der Waals surface area (Å²) < 4.78 is 5.44. The number of benzene rings is 2. The maximum atomic E-state index is 5.44. The zero-order chi connectivity index (χ0) is 17.2. The minimum absolute atomic E-state index is 0.315. The van der Waals surface area contributed by atoms with Gasteiger partial charge in [-0.15, -0.1) is 0 Å². The van der Waals surface area contributed by atoms with Crippen molar-refractivity contribution < 1.29 is 4.74 Å². The van der Waals surface area contributed by atoms with Crippen molar-refractivity contribution >= 4 is 11.8 Å². The fourth-order valence-electron chi connectivity index (χ4n) is 3.25. The van der Waals surface area contributed by atoms with E-state index in [1.165, 1.54) is 32.0 Å². The zero-order valence-electron chi connectivity index (χ0n) is 14.5. The molecule has 0 saturated heterocycles. The van der Waals surface area contributed by atoms with E-state index in [1.54, 1.807) is 0 Å². The molecular formula is C22H21NOS. The van der Waals surface area contributed by atoms with Crippen molar-refractivity contribution in [3.05, 3.63) is 83.0 Å². The first-order valence-electron chi connectivity index (χ1n) is 8.72. The van der Waals surface area contributed by atoms with E-state index in [0.29, 0.717) is 18.4 Å². The largest absolute Gasteiger partial charge is 0.478 e. The van der Waals surface area contributed by atoms with Crippen LogP contribution in [0.25, 0.3) is 0 Å². The van der Waals surface area contributed by atoms with Crippen LogP contribution in [0.15, 0.2) is 70.6 Å². The molecule has 3 heteroatoms. The van der Waals surface area contributed by atoms with E-state index in [-0.39, 0.29) is 0 Å². The summed E-state index contributed by atoms with van der Waals surface area (Å²) >= 11 is 1.88. The first kappa shape index (κ1) is 16.2. The van der Waals surface area contributed by atoms with Gasteiger partial charge in [-0.25, -0.2) is 4.98 Å². The number of hydrogen-bond donors (Lipinski definition) is 0. The summed E-state index contributed by atoms with van der Waals surface area (Å²) in [6, 6.07) is 19.6. The van der Waals surface area contributed by atoms with E-state index in [9.17, 15) is 0 Å². The predicted molar refractivity (Wildman–Crippen MR) is 103 cm³/mol. The topological polar surface area (TPSA) is 22.1 Å². The number of rotatable bonds is 4. The highest BCUT2D eigenvalue weighted by Gasteiger charge is 2.18. The van der Waals surface area contributed by atoms with Gasteiger partial charge in [-0.1, -0.05) is 55.1 Å². The summed E-state index contributed by atoms with van der Waals surface area (Å²) in [5.74, 6) is 1.01. The van der Waals surface area contributed by atoms with Gasteiger partial charge in [0, 0.05) is 28.0 Å². The summed E-state index contributed by atoms with van der Waals surface area (Å²) in [6.45, 7) is 4.86. The van der Waals surface area contributed by atoms with Crippen molar-refractivity contribution in [2.75, 3.05) is 6.61 Å². The third kappa shape index (κ3) is 3.29. The molecule has 126 valence electrons. The minimum atomic E-state index is 0.315. The number of nitrogens with zero attached hydrogens (tertiary/aromatic N) is 1. The molecule has 0 aliphatic carbocycles. The van der Waals surface area contributed by atoms with Crippen molar-refractivity contribution in [3.63, 3.8) is 0 Å². The molecule has 2 nitrogen and oxygen atoms in total. The van der Waals surface area contributed by atoms with Gasteiger partial charge in [-0.3, -0.25) is 0 Å². The molecule has 0 radical (unpaired) electrons. The molecule has 1 atom stereocenters. The molecule has 0 N–H and O–H groups in total. The van der Waals surface area contributed by atoms with Crippen molar-refractivity contribution in [2.24, 2.45) is 0 Å². The van der Waals surface area contributed by atoms with Crippen LogP contribution in [0.2, 0.25) is 0 Å². The van der Waals surface area contributed by atoms with Gasteiger partial charge in [0.15, 0.2) is 0 Å². The Bertz CT molecular complexity index is 889. The van der Waals surface area contributed by atoms with Crippen LogP contribution in [-0.4, -0.2) is 11.6 Å². The van der Waals surface area contributed by atoms with Gasteiger partial charge >= 0.3 is 0 Å². The molecule has 2 heterocycles. The Morgan fingerprint density at radius 1 is 1.00 bits per heavy atom. The standard InChI is InChI=1S/C22H21NOS/c1-3-24-22-11-9-18(14-23-22)15(2)16-8-10-21-19(12-16)13-17-6-4-5-7-20(17)25-21/h4-12,14-15H,3,13H2,1-2H3. The smallest absolute Gasteiger partial charge is 0.213 e. The quantitative estimate of drug-likeness (QED) is 0.473. The van der Waals surface area contributed by atoms with Crippen LogP contribution in [0.1, 0.15) is 42.0 Å². The molecule has 1 unspecified atom stereocenters. The average Bonchev–Trinajstić information content (AvgIpc) is 2.66. The van der Waals surface area contributed by atoms with Crippen LogP contribution >= 0.6 is 11.8 Å².